The first-order valence-corrected chi connectivity index (χ1v) is 11.9. The highest BCUT2D eigenvalue weighted by Crippen LogP contribution is 2.45. The molecule has 32 heavy (non-hydrogen) atoms. The molecule has 168 valence electrons. The molecule has 0 saturated carbocycles. The van der Waals surface area contributed by atoms with Gasteiger partial charge in [-0.3, -0.25) is 9.59 Å². The highest BCUT2D eigenvalue weighted by molar-refractivity contribution is 9.09. The van der Waals surface area contributed by atoms with Crippen LogP contribution in [0.15, 0.2) is 42.5 Å². The molecule has 3 atom stereocenters. The molecule has 2 aromatic rings. The molecule has 1 aliphatic heterocycles. The SMILES string of the molecule is COc1ccc(C(=O)SC[C@@H](C)C(=O)O[C@H]2c3cc(C#N)ccc3OC(C)(C)[C@@H]2Br)cc1. The second-order valence-electron chi connectivity index (χ2n) is 8.06. The first kappa shape index (κ1) is 24.1. The molecular weight excluding hydrogens is 494 g/mol. The Morgan fingerprint density at radius 3 is 2.56 bits per heavy atom. The number of alkyl halides is 1. The molecule has 0 spiro atoms. The van der Waals surface area contributed by atoms with Crippen molar-refractivity contribution in [3.63, 3.8) is 0 Å². The number of nitriles is 1. The fourth-order valence-corrected chi connectivity index (χ4v) is 4.57. The average Bonchev–Trinajstić information content (AvgIpc) is 2.79. The Morgan fingerprint density at radius 2 is 1.94 bits per heavy atom. The van der Waals surface area contributed by atoms with Crippen molar-refractivity contribution in [1.29, 1.82) is 5.26 Å². The van der Waals surface area contributed by atoms with Gasteiger partial charge in [0, 0.05) is 16.9 Å². The van der Waals surface area contributed by atoms with Crippen molar-refractivity contribution in [1.82, 2.24) is 0 Å². The molecule has 0 aromatic heterocycles. The third-order valence-electron chi connectivity index (χ3n) is 5.18. The number of carbonyl (C=O) groups is 2. The molecule has 2 aromatic carbocycles. The lowest BCUT2D eigenvalue weighted by molar-refractivity contribution is -0.156. The number of fused-ring (bicyclic) bond motifs is 1. The van der Waals surface area contributed by atoms with E-state index in [2.05, 4.69) is 22.0 Å². The van der Waals surface area contributed by atoms with Crippen LogP contribution in [0.4, 0.5) is 0 Å². The normalized spacial score (nSPS) is 19.6. The van der Waals surface area contributed by atoms with Crippen LogP contribution >= 0.6 is 27.7 Å². The quantitative estimate of drug-likeness (QED) is 0.379. The van der Waals surface area contributed by atoms with E-state index in [0.29, 0.717) is 28.2 Å². The molecule has 1 heterocycles. The average molecular weight is 518 g/mol. The summed E-state index contributed by atoms with van der Waals surface area (Å²) in [5.74, 6) is 0.621. The first-order valence-electron chi connectivity index (χ1n) is 10.0. The largest absolute Gasteiger partial charge is 0.497 e. The Bertz CT molecular complexity index is 1050. The number of thioether (sulfide) groups is 1. The molecule has 8 heteroatoms. The molecule has 0 amide bonds. The molecule has 0 N–H and O–H groups in total. The Kier molecular flexibility index (Phi) is 7.52. The smallest absolute Gasteiger partial charge is 0.310 e. The van der Waals surface area contributed by atoms with Crippen LogP contribution in [0.3, 0.4) is 0 Å². The molecule has 0 aliphatic carbocycles. The van der Waals surface area contributed by atoms with Gasteiger partial charge in [0.2, 0.25) is 5.12 Å². The van der Waals surface area contributed by atoms with E-state index in [1.54, 1.807) is 56.5 Å². The van der Waals surface area contributed by atoms with Crippen LogP contribution in [0.2, 0.25) is 0 Å². The molecule has 0 bridgehead atoms. The summed E-state index contributed by atoms with van der Waals surface area (Å²) in [7, 11) is 1.56. The zero-order valence-corrected chi connectivity index (χ0v) is 20.7. The number of hydrogen-bond acceptors (Lipinski definition) is 7. The number of rotatable bonds is 6. The van der Waals surface area contributed by atoms with Crippen LogP contribution in [0.5, 0.6) is 11.5 Å². The van der Waals surface area contributed by atoms with E-state index in [1.807, 2.05) is 13.8 Å². The Balaban J connectivity index is 1.68. The van der Waals surface area contributed by atoms with E-state index >= 15 is 0 Å². The minimum atomic E-state index is -0.631. The summed E-state index contributed by atoms with van der Waals surface area (Å²) in [4.78, 5) is 25.0. The highest BCUT2D eigenvalue weighted by Gasteiger charge is 2.45. The zero-order chi connectivity index (χ0) is 23.5. The van der Waals surface area contributed by atoms with Crippen molar-refractivity contribution in [2.24, 2.45) is 5.92 Å². The van der Waals surface area contributed by atoms with Crippen molar-refractivity contribution in [2.75, 3.05) is 12.9 Å². The van der Waals surface area contributed by atoms with Crippen molar-refractivity contribution >= 4 is 38.8 Å². The van der Waals surface area contributed by atoms with Crippen molar-refractivity contribution < 1.29 is 23.8 Å². The fourth-order valence-electron chi connectivity index (χ4n) is 3.24. The van der Waals surface area contributed by atoms with Gasteiger partial charge in [0.1, 0.15) is 23.2 Å². The van der Waals surface area contributed by atoms with Gasteiger partial charge in [-0.2, -0.15) is 5.26 Å². The van der Waals surface area contributed by atoms with Gasteiger partial charge >= 0.3 is 5.97 Å². The number of methoxy groups -OCH3 is 1. The molecule has 6 nitrogen and oxygen atoms in total. The molecule has 0 unspecified atom stereocenters. The lowest BCUT2D eigenvalue weighted by Crippen LogP contribution is -2.47. The first-order chi connectivity index (χ1) is 15.2. The third kappa shape index (κ3) is 5.28. The summed E-state index contributed by atoms with van der Waals surface area (Å²) in [6.45, 7) is 5.54. The molecule has 3 rings (SSSR count). The number of halogens is 1. The van der Waals surface area contributed by atoms with Crippen molar-refractivity contribution in [3.8, 4) is 17.6 Å². The van der Waals surface area contributed by atoms with Crippen LogP contribution < -0.4 is 9.47 Å². The Hall–Kier alpha value is -2.50. The van der Waals surface area contributed by atoms with E-state index in [-0.39, 0.29) is 15.7 Å². The van der Waals surface area contributed by atoms with Gasteiger partial charge < -0.3 is 14.2 Å². The van der Waals surface area contributed by atoms with Gasteiger partial charge in [-0.25, -0.2) is 0 Å². The van der Waals surface area contributed by atoms with Gasteiger partial charge in [0.15, 0.2) is 0 Å². The second kappa shape index (κ2) is 9.97. The van der Waals surface area contributed by atoms with Crippen LogP contribution in [-0.2, 0) is 9.53 Å². The zero-order valence-electron chi connectivity index (χ0n) is 18.3. The van der Waals surface area contributed by atoms with Gasteiger partial charge in [-0.1, -0.05) is 34.6 Å². The third-order valence-corrected chi connectivity index (χ3v) is 7.93. The number of nitrogens with zero attached hydrogens (tertiary/aromatic N) is 1. The van der Waals surface area contributed by atoms with Gasteiger partial charge in [0.25, 0.3) is 0 Å². The lowest BCUT2D eigenvalue weighted by Gasteiger charge is -2.41. The Labute approximate surface area is 200 Å². The second-order valence-corrected chi connectivity index (χ2v) is 10.0. The Morgan fingerprint density at radius 1 is 1.25 bits per heavy atom. The number of hydrogen-bond donors (Lipinski definition) is 0. The molecule has 0 saturated heterocycles. The maximum absolute atomic E-state index is 12.9. The number of carbonyl (C=O) groups excluding carboxylic acids is 2. The van der Waals surface area contributed by atoms with Gasteiger partial charge in [0.05, 0.1) is 29.5 Å². The van der Waals surface area contributed by atoms with Crippen LogP contribution in [0, 0.1) is 17.2 Å². The summed E-state index contributed by atoms with van der Waals surface area (Å²) < 4.78 is 17.0. The van der Waals surface area contributed by atoms with Crippen LogP contribution in [0.1, 0.15) is 48.4 Å². The van der Waals surface area contributed by atoms with Crippen molar-refractivity contribution in [3.05, 3.63) is 59.2 Å². The van der Waals surface area contributed by atoms with E-state index < -0.39 is 23.6 Å². The minimum absolute atomic E-state index is 0.123. The maximum Gasteiger partial charge on any atom is 0.310 e. The monoisotopic (exact) mass is 517 g/mol. The summed E-state index contributed by atoms with van der Waals surface area (Å²) in [6.07, 6.45) is -0.626. The standard InChI is InChI=1S/C24H24BrNO5S/c1-14(13-32-23(28)16-6-8-17(29-4)9-7-16)22(27)30-20-18-11-15(12-26)5-10-19(18)31-24(2,3)21(20)25/h5-11,14,20-21H,13H2,1-4H3/t14-,20+,21-/m1/s1. The van der Waals surface area contributed by atoms with Crippen LogP contribution in [0.25, 0.3) is 0 Å². The van der Waals surface area contributed by atoms with Gasteiger partial charge in [-0.05, 0) is 56.3 Å². The number of ether oxygens (including phenoxy) is 3. The maximum atomic E-state index is 12.9. The summed E-state index contributed by atoms with van der Waals surface area (Å²) >= 11 is 4.69. The van der Waals surface area contributed by atoms with Gasteiger partial charge in [-0.15, -0.1) is 0 Å². The molecule has 0 radical (unpaired) electrons. The topological polar surface area (TPSA) is 85.6 Å². The number of benzene rings is 2. The van der Waals surface area contributed by atoms with E-state index in [9.17, 15) is 14.9 Å². The van der Waals surface area contributed by atoms with E-state index in [1.165, 1.54) is 0 Å². The number of esters is 1. The van der Waals surface area contributed by atoms with E-state index in [4.69, 9.17) is 14.2 Å². The van der Waals surface area contributed by atoms with E-state index in [0.717, 1.165) is 11.8 Å². The fraction of sp³-hybridized carbons (Fsp3) is 0.375. The highest BCUT2D eigenvalue weighted by atomic mass is 79.9. The molecule has 0 fully saturated rings. The molecule has 1 aliphatic rings. The predicted octanol–water partition coefficient (Wildman–Crippen LogP) is 5.30. The molecular formula is C24H24BrNO5S. The predicted molar refractivity (Wildman–Crippen MR) is 126 cm³/mol. The summed E-state index contributed by atoms with van der Waals surface area (Å²) in [5.41, 5.74) is 1.02. The van der Waals surface area contributed by atoms with Crippen molar-refractivity contribution in [2.45, 2.75) is 37.3 Å². The lowest BCUT2D eigenvalue weighted by atomic mass is 9.90. The van der Waals surface area contributed by atoms with Crippen LogP contribution in [-0.4, -0.2) is 34.4 Å². The summed E-state index contributed by atoms with van der Waals surface area (Å²) in [5, 5.41) is 9.13. The summed E-state index contributed by atoms with van der Waals surface area (Å²) in [6, 6.07) is 14.0. The minimum Gasteiger partial charge on any atom is -0.497 e.